The molecule has 0 bridgehead atoms. The molecule has 0 fully saturated rings. The van der Waals surface area contributed by atoms with E-state index in [1.165, 1.54) is 7.11 Å². The van der Waals surface area contributed by atoms with Gasteiger partial charge >= 0.3 is 12.0 Å². The molecule has 0 atom stereocenters. The third kappa shape index (κ3) is 3.68. The van der Waals surface area contributed by atoms with Crippen molar-refractivity contribution < 1.29 is 14.3 Å². The summed E-state index contributed by atoms with van der Waals surface area (Å²) in [5, 5.41) is 0. The fourth-order valence-electron chi connectivity index (χ4n) is 1.61. The Kier molecular flexibility index (Phi) is 4.49. The highest BCUT2D eigenvalue weighted by Crippen LogP contribution is 2.16. The molecule has 1 aromatic carbocycles. The van der Waals surface area contributed by atoms with Crippen molar-refractivity contribution in [1.82, 2.24) is 9.97 Å². The maximum atomic E-state index is 10.9. The minimum atomic E-state index is -0.500. The number of nitrogens with two attached hydrogens (primary N) is 1. The Morgan fingerprint density at radius 1 is 1.30 bits per heavy atom. The van der Waals surface area contributed by atoms with Crippen LogP contribution in [0.25, 0.3) is 0 Å². The van der Waals surface area contributed by atoms with Crippen molar-refractivity contribution in [3.63, 3.8) is 0 Å². The first kappa shape index (κ1) is 13.8. The van der Waals surface area contributed by atoms with Gasteiger partial charge in [-0.25, -0.2) is 9.78 Å². The summed E-state index contributed by atoms with van der Waals surface area (Å²) in [4.78, 5) is 19.0. The van der Waals surface area contributed by atoms with Gasteiger partial charge in [0.1, 0.15) is 5.82 Å². The molecule has 1 aromatic heterocycles. The molecular formula is C14H15N3O3. The molecule has 0 saturated carbocycles. The second-order valence-corrected chi connectivity index (χ2v) is 4.09. The van der Waals surface area contributed by atoms with Crippen LogP contribution >= 0.6 is 0 Å². The van der Waals surface area contributed by atoms with Gasteiger partial charge in [-0.2, -0.15) is 4.98 Å². The van der Waals surface area contributed by atoms with E-state index in [2.05, 4.69) is 14.7 Å². The van der Waals surface area contributed by atoms with Crippen molar-refractivity contribution in [2.24, 2.45) is 0 Å². The van der Waals surface area contributed by atoms with Gasteiger partial charge in [-0.05, 0) is 5.56 Å². The molecule has 6 heteroatoms. The standard InChI is InChI=1S/C14H15N3O3/c1-19-12(18)9-20-14-16-8-11(13(15)17-14)7-10-5-3-2-4-6-10/h2-6,8H,7,9H2,1H3,(H2,15,16,17). The molecule has 0 unspecified atom stereocenters. The molecule has 2 rings (SSSR count). The zero-order valence-electron chi connectivity index (χ0n) is 11.1. The van der Waals surface area contributed by atoms with E-state index in [1.54, 1.807) is 6.20 Å². The second kappa shape index (κ2) is 6.51. The molecule has 104 valence electrons. The Morgan fingerprint density at radius 2 is 2.05 bits per heavy atom. The lowest BCUT2D eigenvalue weighted by Crippen LogP contribution is -2.14. The lowest BCUT2D eigenvalue weighted by atomic mass is 10.1. The van der Waals surface area contributed by atoms with Gasteiger partial charge in [0.2, 0.25) is 0 Å². The third-order valence-electron chi connectivity index (χ3n) is 2.66. The number of hydrogen-bond donors (Lipinski definition) is 1. The maximum Gasteiger partial charge on any atom is 0.344 e. The van der Waals surface area contributed by atoms with Crippen molar-refractivity contribution in [2.45, 2.75) is 6.42 Å². The Hall–Kier alpha value is -2.63. The highest BCUT2D eigenvalue weighted by Gasteiger charge is 2.08. The van der Waals surface area contributed by atoms with Crippen LogP contribution < -0.4 is 10.5 Å². The normalized spacial score (nSPS) is 10.1. The van der Waals surface area contributed by atoms with Gasteiger partial charge < -0.3 is 15.2 Å². The van der Waals surface area contributed by atoms with Crippen LogP contribution in [0.15, 0.2) is 36.5 Å². The Balaban J connectivity index is 2.04. The van der Waals surface area contributed by atoms with Gasteiger partial charge in [0, 0.05) is 18.2 Å². The van der Waals surface area contributed by atoms with E-state index in [9.17, 15) is 4.79 Å². The van der Waals surface area contributed by atoms with E-state index in [4.69, 9.17) is 10.5 Å². The molecule has 0 aliphatic carbocycles. The Morgan fingerprint density at radius 3 is 2.70 bits per heavy atom. The molecule has 0 amide bonds. The van der Waals surface area contributed by atoms with E-state index in [-0.39, 0.29) is 12.6 Å². The molecule has 6 nitrogen and oxygen atoms in total. The third-order valence-corrected chi connectivity index (χ3v) is 2.66. The summed E-state index contributed by atoms with van der Waals surface area (Å²) in [6.45, 7) is -0.242. The second-order valence-electron chi connectivity index (χ2n) is 4.09. The Labute approximate surface area is 116 Å². The van der Waals surface area contributed by atoms with Crippen LogP contribution in [0.4, 0.5) is 5.82 Å². The lowest BCUT2D eigenvalue weighted by molar-refractivity contribution is -0.143. The minimum absolute atomic E-state index is 0.0599. The molecule has 0 radical (unpaired) electrons. The van der Waals surface area contributed by atoms with Gasteiger partial charge in [-0.15, -0.1) is 0 Å². The molecule has 2 N–H and O–H groups in total. The summed E-state index contributed by atoms with van der Waals surface area (Å²) in [5.41, 5.74) is 7.78. The van der Waals surface area contributed by atoms with Crippen LogP contribution in [0.2, 0.25) is 0 Å². The molecule has 0 aliphatic rings. The van der Waals surface area contributed by atoms with E-state index >= 15 is 0 Å². The zero-order valence-corrected chi connectivity index (χ0v) is 11.1. The van der Waals surface area contributed by atoms with Crippen LogP contribution in [-0.4, -0.2) is 29.7 Å². The van der Waals surface area contributed by atoms with E-state index in [1.807, 2.05) is 30.3 Å². The van der Waals surface area contributed by atoms with Crippen molar-refractivity contribution in [3.05, 3.63) is 47.7 Å². The molecular weight excluding hydrogens is 258 g/mol. The van der Waals surface area contributed by atoms with Crippen LogP contribution in [0.3, 0.4) is 0 Å². The van der Waals surface area contributed by atoms with Gasteiger partial charge in [-0.1, -0.05) is 30.3 Å². The predicted molar refractivity (Wildman–Crippen MR) is 73.2 cm³/mol. The summed E-state index contributed by atoms with van der Waals surface area (Å²) in [5.74, 6) is -0.163. The molecule has 0 aliphatic heterocycles. The van der Waals surface area contributed by atoms with Crippen LogP contribution in [0.1, 0.15) is 11.1 Å². The van der Waals surface area contributed by atoms with E-state index in [0.29, 0.717) is 12.2 Å². The number of anilines is 1. The number of ether oxygens (including phenoxy) is 2. The first-order valence-electron chi connectivity index (χ1n) is 6.04. The number of nitrogens with zero attached hydrogens (tertiary/aromatic N) is 2. The van der Waals surface area contributed by atoms with Crippen LogP contribution in [-0.2, 0) is 16.0 Å². The Bertz CT molecular complexity index is 587. The van der Waals surface area contributed by atoms with Gasteiger partial charge in [0.25, 0.3) is 0 Å². The highest BCUT2D eigenvalue weighted by atomic mass is 16.6. The number of carbonyl (C=O) groups is 1. The SMILES string of the molecule is COC(=O)COc1ncc(Cc2ccccc2)c(N)n1. The minimum Gasteiger partial charge on any atom is -0.466 e. The molecule has 2 aromatic rings. The molecule has 1 heterocycles. The largest absolute Gasteiger partial charge is 0.466 e. The quantitative estimate of drug-likeness (QED) is 0.824. The summed E-state index contributed by atoms with van der Waals surface area (Å²) >= 11 is 0. The smallest absolute Gasteiger partial charge is 0.344 e. The number of methoxy groups -OCH3 is 1. The topological polar surface area (TPSA) is 87.3 Å². The van der Waals surface area contributed by atoms with Crippen LogP contribution in [0, 0.1) is 0 Å². The number of rotatable bonds is 5. The number of nitrogen functional groups attached to an aromatic ring is 1. The zero-order chi connectivity index (χ0) is 14.4. The summed E-state index contributed by atoms with van der Waals surface area (Å²) in [7, 11) is 1.28. The molecule has 0 saturated heterocycles. The fraction of sp³-hybridized carbons (Fsp3) is 0.214. The lowest BCUT2D eigenvalue weighted by Gasteiger charge is -2.07. The monoisotopic (exact) mass is 273 g/mol. The number of carbonyl (C=O) groups excluding carboxylic acids is 1. The summed E-state index contributed by atoms with van der Waals surface area (Å²) in [6.07, 6.45) is 2.24. The fourth-order valence-corrected chi connectivity index (χ4v) is 1.61. The van der Waals surface area contributed by atoms with Gasteiger partial charge in [0.05, 0.1) is 7.11 Å². The number of aromatic nitrogens is 2. The van der Waals surface area contributed by atoms with Gasteiger partial charge in [0.15, 0.2) is 6.61 Å². The first-order valence-corrected chi connectivity index (χ1v) is 6.04. The predicted octanol–water partition coefficient (Wildman–Crippen LogP) is 1.20. The maximum absolute atomic E-state index is 10.9. The average molecular weight is 273 g/mol. The van der Waals surface area contributed by atoms with E-state index in [0.717, 1.165) is 11.1 Å². The number of esters is 1. The van der Waals surface area contributed by atoms with Crippen molar-refractivity contribution in [3.8, 4) is 6.01 Å². The number of hydrogen-bond acceptors (Lipinski definition) is 6. The van der Waals surface area contributed by atoms with Crippen LogP contribution in [0.5, 0.6) is 6.01 Å². The van der Waals surface area contributed by atoms with E-state index < -0.39 is 5.97 Å². The number of benzene rings is 1. The summed E-state index contributed by atoms with van der Waals surface area (Å²) < 4.78 is 9.52. The molecule has 0 spiro atoms. The summed E-state index contributed by atoms with van der Waals surface area (Å²) in [6, 6.07) is 9.93. The van der Waals surface area contributed by atoms with Crippen molar-refractivity contribution >= 4 is 11.8 Å². The first-order chi connectivity index (χ1) is 9.69. The van der Waals surface area contributed by atoms with Gasteiger partial charge in [-0.3, -0.25) is 0 Å². The van der Waals surface area contributed by atoms with Crippen molar-refractivity contribution in [2.75, 3.05) is 19.5 Å². The van der Waals surface area contributed by atoms with Crippen molar-refractivity contribution in [1.29, 1.82) is 0 Å². The highest BCUT2D eigenvalue weighted by molar-refractivity contribution is 5.70. The average Bonchev–Trinajstić information content (AvgIpc) is 2.48. The molecule has 20 heavy (non-hydrogen) atoms.